The van der Waals surface area contributed by atoms with Crippen molar-refractivity contribution in [3.05, 3.63) is 33.3 Å². The molecule has 0 unspecified atom stereocenters. The fraction of sp³-hybridized carbons (Fsp3) is 0.333. The Morgan fingerprint density at radius 2 is 2.32 bits per heavy atom. The van der Waals surface area contributed by atoms with Crippen LogP contribution in [0.1, 0.15) is 17.8 Å². The SMILES string of the molecule is COC(=O)CCCc1nc2ccc([N+](=O)[O-])cc2s1. The highest BCUT2D eigenvalue weighted by Gasteiger charge is 2.10. The van der Waals surface area contributed by atoms with Crippen LogP contribution in [-0.4, -0.2) is 23.0 Å². The molecule has 0 aliphatic rings. The summed E-state index contributed by atoms with van der Waals surface area (Å²) in [5.41, 5.74) is 0.820. The van der Waals surface area contributed by atoms with Gasteiger partial charge in [0.05, 0.1) is 27.3 Å². The molecule has 0 saturated carbocycles. The summed E-state index contributed by atoms with van der Waals surface area (Å²) in [7, 11) is 1.36. The lowest BCUT2D eigenvalue weighted by atomic mass is 10.2. The zero-order chi connectivity index (χ0) is 13.8. The molecule has 2 rings (SSSR count). The van der Waals surface area contributed by atoms with Crippen LogP contribution in [0.15, 0.2) is 18.2 Å². The molecule has 0 fully saturated rings. The standard InChI is InChI=1S/C12H12N2O4S/c1-18-12(15)4-2-3-11-13-9-6-5-8(14(16)17)7-10(9)19-11/h5-7H,2-4H2,1H3. The van der Waals surface area contributed by atoms with Gasteiger partial charge in [-0.3, -0.25) is 14.9 Å². The van der Waals surface area contributed by atoms with Gasteiger partial charge in [0.1, 0.15) is 0 Å². The summed E-state index contributed by atoms with van der Waals surface area (Å²) in [6, 6.07) is 4.62. The van der Waals surface area contributed by atoms with E-state index in [2.05, 4.69) is 9.72 Å². The first-order valence-electron chi connectivity index (χ1n) is 5.71. The minimum absolute atomic E-state index is 0.0669. The van der Waals surface area contributed by atoms with E-state index in [1.807, 2.05) is 0 Å². The fourth-order valence-corrected chi connectivity index (χ4v) is 2.71. The Kier molecular flexibility index (Phi) is 4.06. The predicted molar refractivity (Wildman–Crippen MR) is 71.2 cm³/mol. The molecule has 1 heterocycles. The molecule has 0 N–H and O–H groups in total. The maximum absolute atomic E-state index is 11.0. The van der Waals surface area contributed by atoms with Gasteiger partial charge < -0.3 is 4.74 Å². The first-order chi connectivity index (χ1) is 9.10. The molecule has 19 heavy (non-hydrogen) atoms. The van der Waals surface area contributed by atoms with Crippen molar-refractivity contribution >= 4 is 33.2 Å². The average molecular weight is 280 g/mol. The van der Waals surface area contributed by atoms with Gasteiger partial charge in [0.25, 0.3) is 5.69 Å². The molecule has 0 aliphatic heterocycles. The number of rotatable bonds is 5. The Hall–Kier alpha value is -2.02. The van der Waals surface area contributed by atoms with Crippen LogP contribution in [0.25, 0.3) is 10.2 Å². The monoisotopic (exact) mass is 280 g/mol. The second kappa shape index (κ2) is 5.75. The number of methoxy groups -OCH3 is 1. The van der Waals surface area contributed by atoms with Gasteiger partial charge in [-0.2, -0.15) is 0 Å². The van der Waals surface area contributed by atoms with Crippen LogP contribution >= 0.6 is 11.3 Å². The third kappa shape index (κ3) is 3.25. The molecule has 0 radical (unpaired) electrons. The molecule has 0 spiro atoms. The van der Waals surface area contributed by atoms with Crippen molar-refractivity contribution < 1.29 is 14.5 Å². The number of benzene rings is 1. The van der Waals surface area contributed by atoms with Crippen LogP contribution in [0.3, 0.4) is 0 Å². The van der Waals surface area contributed by atoms with E-state index in [1.165, 1.54) is 30.6 Å². The zero-order valence-electron chi connectivity index (χ0n) is 10.3. The summed E-state index contributed by atoms with van der Waals surface area (Å²) < 4.78 is 5.35. The quantitative estimate of drug-likeness (QED) is 0.477. The van der Waals surface area contributed by atoms with Crippen molar-refractivity contribution in [2.75, 3.05) is 7.11 Å². The number of hydrogen-bond acceptors (Lipinski definition) is 6. The van der Waals surface area contributed by atoms with Crippen molar-refractivity contribution in [3.8, 4) is 0 Å². The number of carbonyl (C=O) groups excluding carboxylic acids is 1. The molecule has 6 nitrogen and oxygen atoms in total. The summed E-state index contributed by atoms with van der Waals surface area (Å²) in [6.45, 7) is 0. The molecule has 100 valence electrons. The lowest BCUT2D eigenvalue weighted by Gasteiger charge is -1.96. The molecule has 1 aromatic heterocycles. The van der Waals surface area contributed by atoms with Crippen LogP contribution in [0.4, 0.5) is 5.69 Å². The van der Waals surface area contributed by atoms with Crippen LogP contribution in [-0.2, 0) is 16.0 Å². The molecule has 0 atom stereocenters. The summed E-state index contributed by atoms with van der Waals surface area (Å²) in [5, 5.41) is 11.5. The van der Waals surface area contributed by atoms with Crippen molar-refractivity contribution in [1.29, 1.82) is 0 Å². The van der Waals surface area contributed by atoms with Gasteiger partial charge in [-0.05, 0) is 18.9 Å². The highest BCUT2D eigenvalue weighted by Crippen LogP contribution is 2.27. The van der Waals surface area contributed by atoms with Gasteiger partial charge >= 0.3 is 5.97 Å². The smallest absolute Gasteiger partial charge is 0.305 e. The molecule has 0 saturated heterocycles. The number of non-ortho nitro benzene ring substituents is 1. The lowest BCUT2D eigenvalue weighted by molar-refractivity contribution is -0.384. The highest BCUT2D eigenvalue weighted by atomic mass is 32.1. The molecule has 7 heteroatoms. The van der Waals surface area contributed by atoms with E-state index in [9.17, 15) is 14.9 Å². The van der Waals surface area contributed by atoms with E-state index < -0.39 is 4.92 Å². The van der Waals surface area contributed by atoms with Crippen LogP contribution < -0.4 is 0 Å². The first-order valence-corrected chi connectivity index (χ1v) is 6.52. The van der Waals surface area contributed by atoms with Crippen molar-refractivity contribution in [2.24, 2.45) is 0 Å². The summed E-state index contributed by atoms with van der Waals surface area (Å²) >= 11 is 1.42. The summed E-state index contributed by atoms with van der Waals surface area (Å²) in [5.74, 6) is -0.239. The number of nitro benzene ring substituents is 1. The minimum Gasteiger partial charge on any atom is -0.469 e. The van der Waals surface area contributed by atoms with Gasteiger partial charge in [-0.1, -0.05) is 0 Å². The fourth-order valence-electron chi connectivity index (χ4n) is 1.67. The molecular formula is C12H12N2O4S. The Balaban J connectivity index is 2.09. The number of aromatic nitrogens is 1. The molecule has 0 aliphatic carbocycles. The lowest BCUT2D eigenvalue weighted by Crippen LogP contribution is -2.00. The maximum atomic E-state index is 11.0. The Labute approximate surface area is 113 Å². The number of fused-ring (bicyclic) bond motifs is 1. The third-order valence-electron chi connectivity index (χ3n) is 2.63. The third-order valence-corrected chi connectivity index (χ3v) is 3.70. The van der Waals surface area contributed by atoms with Crippen LogP contribution in [0.2, 0.25) is 0 Å². The van der Waals surface area contributed by atoms with E-state index in [-0.39, 0.29) is 11.7 Å². The van der Waals surface area contributed by atoms with E-state index >= 15 is 0 Å². The second-order valence-electron chi connectivity index (χ2n) is 3.95. The number of thiazole rings is 1. The zero-order valence-corrected chi connectivity index (χ0v) is 11.1. The molecule has 1 aromatic carbocycles. The number of carbonyl (C=O) groups is 1. The molecule has 2 aromatic rings. The van der Waals surface area contributed by atoms with E-state index in [0.29, 0.717) is 19.3 Å². The topological polar surface area (TPSA) is 82.3 Å². The molecule has 0 bridgehead atoms. The summed E-state index contributed by atoms with van der Waals surface area (Å²) in [6.07, 6.45) is 1.68. The van der Waals surface area contributed by atoms with Crippen molar-refractivity contribution in [2.45, 2.75) is 19.3 Å². The van der Waals surface area contributed by atoms with E-state index in [1.54, 1.807) is 6.07 Å². The van der Waals surface area contributed by atoms with Gasteiger partial charge in [0, 0.05) is 18.6 Å². The van der Waals surface area contributed by atoms with Gasteiger partial charge in [0.2, 0.25) is 0 Å². The van der Waals surface area contributed by atoms with E-state index in [0.717, 1.165) is 15.2 Å². The van der Waals surface area contributed by atoms with Crippen LogP contribution in [0, 0.1) is 10.1 Å². The number of nitrogens with zero attached hydrogens (tertiary/aromatic N) is 2. The minimum atomic E-state index is -0.421. The molecular weight excluding hydrogens is 268 g/mol. The van der Waals surface area contributed by atoms with Crippen LogP contribution in [0.5, 0.6) is 0 Å². The average Bonchev–Trinajstić information content (AvgIpc) is 2.79. The van der Waals surface area contributed by atoms with Crippen molar-refractivity contribution in [1.82, 2.24) is 4.98 Å². The highest BCUT2D eigenvalue weighted by molar-refractivity contribution is 7.18. The van der Waals surface area contributed by atoms with Gasteiger partial charge in [0.15, 0.2) is 0 Å². The number of hydrogen-bond donors (Lipinski definition) is 0. The Morgan fingerprint density at radius 3 is 3.00 bits per heavy atom. The Morgan fingerprint density at radius 1 is 1.53 bits per heavy atom. The van der Waals surface area contributed by atoms with E-state index in [4.69, 9.17) is 0 Å². The number of nitro groups is 1. The normalized spacial score (nSPS) is 10.6. The number of ether oxygens (including phenoxy) is 1. The number of aryl methyl sites for hydroxylation is 1. The van der Waals surface area contributed by atoms with Gasteiger partial charge in [-0.15, -0.1) is 11.3 Å². The van der Waals surface area contributed by atoms with Gasteiger partial charge in [-0.25, -0.2) is 4.98 Å². The largest absolute Gasteiger partial charge is 0.469 e. The number of esters is 1. The maximum Gasteiger partial charge on any atom is 0.305 e. The molecule has 0 amide bonds. The first kappa shape index (κ1) is 13.4. The Bertz CT molecular complexity index is 623. The second-order valence-corrected chi connectivity index (χ2v) is 5.06. The van der Waals surface area contributed by atoms with Crippen molar-refractivity contribution in [3.63, 3.8) is 0 Å². The summed E-state index contributed by atoms with van der Waals surface area (Å²) in [4.78, 5) is 25.6. The predicted octanol–water partition coefficient (Wildman–Crippen LogP) is 2.70.